The van der Waals surface area contributed by atoms with E-state index in [0.717, 1.165) is 10.5 Å². The standard InChI is InChI=1S/C14H12F2OS/c15-13-5-2-6-14(16)12(13)9-18-11-4-1-3-10(7-11)8-17/h1-7,17H,8-9H2. The zero-order chi connectivity index (χ0) is 13.0. The van der Waals surface area contributed by atoms with Crippen LogP contribution < -0.4 is 0 Å². The van der Waals surface area contributed by atoms with E-state index in [0.29, 0.717) is 0 Å². The predicted octanol–water partition coefficient (Wildman–Crippen LogP) is 3.75. The van der Waals surface area contributed by atoms with Gasteiger partial charge in [0.2, 0.25) is 0 Å². The lowest BCUT2D eigenvalue weighted by Crippen LogP contribution is -1.93. The second-order valence-corrected chi connectivity index (χ2v) is 4.84. The molecule has 0 aliphatic heterocycles. The molecule has 1 N–H and O–H groups in total. The van der Waals surface area contributed by atoms with E-state index in [1.165, 1.54) is 30.0 Å². The van der Waals surface area contributed by atoms with Crippen molar-refractivity contribution in [3.05, 3.63) is 65.2 Å². The van der Waals surface area contributed by atoms with Crippen molar-refractivity contribution in [3.8, 4) is 0 Å². The number of aliphatic hydroxyl groups is 1. The van der Waals surface area contributed by atoms with E-state index in [-0.39, 0.29) is 17.9 Å². The molecule has 0 saturated carbocycles. The number of aliphatic hydroxyl groups excluding tert-OH is 1. The Bertz CT molecular complexity index is 523. The Kier molecular flexibility index (Phi) is 4.33. The van der Waals surface area contributed by atoms with Crippen LogP contribution in [0.3, 0.4) is 0 Å². The van der Waals surface area contributed by atoms with Gasteiger partial charge in [0.15, 0.2) is 0 Å². The summed E-state index contributed by atoms with van der Waals surface area (Å²) in [6.45, 7) is -0.0392. The van der Waals surface area contributed by atoms with Gasteiger partial charge < -0.3 is 5.11 Å². The zero-order valence-electron chi connectivity index (χ0n) is 9.57. The Labute approximate surface area is 108 Å². The molecule has 4 heteroatoms. The summed E-state index contributed by atoms with van der Waals surface area (Å²) >= 11 is 1.34. The quantitative estimate of drug-likeness (QED) is 0.850. The van der Waals surface area contributed by atoms with Crippen LogP contribution in [0.5, 0.6) is 0 Å². The minimum Gasteiger partial charge on any atom is -0.392 e. The Hall–Kier alpha value is -1.39. The molecule has 0 bridgehead atoms. The first-order valence-electron chi connectivity index (χ1n) is 5.46. The van der Waals surface area contributed by atoms with Crippen LogP contribution >= 0.6 is 11.8 Å². The maximum atomic E-state index is 13.4. The average Bonchev–Trinajstić information content (AvgIpc) is 2.38. The molecule has 0 aromatic heterocycles. The van der Waals surface area contributed by atoms with E-state index in [9.17, 15) is 8.78 Å². The first-order chi connectivity index (χ1) is 8.70. The molecule has 0 aliphatic carbocycles. The summed E-state index contributed by atoms with van der Waals surface area (Å²) in [7, 11) is 0. The van der Waals surface area contributed by atoms with Gasteiger partial charge in [0.1, 0.15) is 11.6 Å². The van der Waals surface area contributed by atoms with Crippen LogP contribution in [0.4, 0.5) is 8.78 Å². The maximum Gasteiger partial charge on any atom is 0.130 e. The van der Waals surface area contributed by atoms with Gasteiger partial charge in [0.25, 0.3) is 0 Å². The molecular formula is C14H12F2OS. The number of halogens is 2. The molecule has 2 rings (SSSR count). The number of rotatable bonds is 4. The molecule has 2 aromatic rings. The van der Waals surface area contributed by atoms with E-state index in [1.807, 2.05) is 18.2 Å². The number of hydrogen-bond donors (Lipinski definition) is 1. The molecule has 1 nitrogen and oxygen atoms in total. The van der Waals surface area contributed by atoms with Crippen molar-refractivity contribution in [2.75, 3.05) is 0 Å². The summed E-state index contributed by atoms with van der Waals surface area (Å²) in [6, 6.07) is 11.1. The summed E-state index contributed by atoms with van der Waals surface area (Å²) in [6.07, 6.45) is 0. The third-order valence-corrected chi connectivity index (χ3v) is 3.55. The first-order valence-corrected chi connectivity index (χ1v) is 6.45. The Morgan fingerprint density at radius 3 is 2.33 bits per heavy atom. The summed E-state index contributed by atoms with van der Waals surface area (Å²) in [5.74, 6) is -0.824. The molecule has 0 heterocycles. The molecule has 2 aromatic carbocycles. The fraction of sp³-hybridized carbons (Fsp3) is 0.143. The summed E-state index contributed by atoms with van der Waals surface area (Å²) in [5.41, 5.74) is 0.867. The molecular weight excluding hydrogens is 254 g/mol. The maximum absolute atomic E-state index is 13.4. The van der Waals surface area contributed by atoms with E-state index in [2.05, 4.69) is 0 Å². The topological polar surface area (TPSA) is 20.2 Å². The third-order valence-electron chi connectivity index (χ3n) is 2.53. The molecule has 0 saturated heterocycles. The van der Waals surface area contributed by atoms with Crippen LogP contribution in [0.15, 0.2) is 47.4 Å². The van der Waals surface area contributed by atoms with Crippen molar-refractivity contribution in [1.82, 2.24) is 0 Å². The molecule has 0 fully saturated rings. The highest BCUT2D eigenvalue weighted by molar-refractivity contribution is 7.98. The third kappa shape index (κ3) is 3.09. The van der Waals surface area contributed by atoms with Crippen LogP contribution in [0.1, 0.15) is 11.1 Å². The van der Waals surface area contributed by atoms with E-state index < -0.39 is 11.6 Å². The van der Waals surface area contributed by atoms with Gasteiger partial charge in [-0.25, -0.2) is 8.78 Å². The van der Waals surface area contributed by atoms with Crippen LogP contribution in [-0.2, 0) is 12.4 Å². The highest BCUT2D eigenvalue weighted by atomic mass is 32.2. The lowest BCUT2D eigenvalue weighted by molar-refractivity contribution is 0.281. The summed E-state index contributed by atoms with van der Waals surface area (Å²) in [4.78, 5) is 0.879. The lowest BCUT2D eigenvalue weighted by Gasteiger charge is -2.06. The second kappa shape index (κ2) is 5.98. The molecule has 0 radical (unpaired) electrons. The smallest absolute Gasteiger partial charge is 0.130 e. The fourth-order valence-corrected chi connectivity index (χ4v) is 2.56. The molecule has 0 atom stereocenters. The number of thioether (sulfide) groups is 1. The molecule has 18 heavy (non-hydrogen) atoms. The van der Waals surface area contributed by atoms with E-state index in [1.54, 1.807) is 6.07 Å². The first kappa shape index (κ1) is 13.1. The van der Waals surface area contributed by atoms with Crippen LogP contribution in [0.25, 0.3) is 0 Å². The van der Waals surface area contributed by atoms with Crippen molar-refractivity contribution in [3.63, 3.8) is 0 Å². The largest absolute Gasteiger partial charge is 0.392 e. The molecule has 94 valence electrons. The number of hydrogen-bond acceptors (Lipinski definition) is 2. The minimum atomic E-state index is -0.527. The highest BCUT2D eigenvalue weighted by Gasteiger charge is 2.08. The van der Waals surface area contributed by atoms with E-state index in [4.69, 9.17) is 5.11 Å². The monoisotopic (exact) mass is 266 g/mol. The van der Waals surface area contributed by atoms with Gasteiger partial charge in [-0.2, -0.15) is 0 Å². The van der Waals surface area contributed by atoms with Crippen LogP contribution in [-0.4, -0.2) is 5.11 Å². The van der Waals surface area contributed by atoms with Crippen LogP contribution in [0.2, 0.25) is 0 Å². The summed E-state index contributed by atoms with van der Waals surface area (Å²) < 4.78 is 26.8. The van der Waals surface area contributed by atoms with Crippen molar-refractivity contribution in [2.45, 2.75) is 17.3 Å². The highest BCUT2D eigenvalue weighted by Crippen LogP contribution is 2.26. The number of benzene rings is 2. The van der Waals surface area contributed by atoms with Crippen molar-refractivity contribution in [1.29, 1.82) is 0 Å². The SMILES string of the molecule is OCc1cccc(SCc2c(F)cccc2F)c1. The molecule has 0 unspecified atom stereocenters. The lowest BCUT2D eigenvalue weighted by atomic mass is 10.2. The van der Waals surface area contributed by atoms with Gasteiger partial charge in [-0.05, 0) is 29.8 Å². The predicted molar refractivity (Wildman–Crippen MR) is 68.3 cm³/mol. The van der Waals surface area contributed by atoms with E-state index >= 15 is 0 Å². The Morgan fingerprint density at radius 1 is 1.00 bits per heavy atom. The Balaban J connectivity index is 2.11. The second-order valence-electron chi connectivity index (χ2n) is 3.79. The van der Waals surface area contributed by atoms with Gasteiger partial charge in [-0.1, -0.05) is 18.2 Å². The Morgan fingerprint density at radius 2 is 1.67 bits per heavy atom. The van der Waals surface area contributed by atoms with Gasteiger partial charge in [0.05, 0.1) is 6.61 Å². The fourth-order valence-electron chi connectivity index (χ4n) is 1.56. The van der Waals surface area contributed by atoms with Crippen molar-refractivity contribution >= 4 is 11.8 Å². The van der Waals surface area contributed by atoms with Crippen LogP contribution in [0, 0.1) is 11.6 Å². The minimum absolute atomic E-state index is 0.0392. The molecule has 0 aliphatic rings. The van der Waals surface area contributed by atoms with Gasteiger partial charge in [-0.15, -0.1) is 11.8 Å². The van der Waals surface area contributed by atoms with Crippen molar-refractivity contribution < 1.29 is 13.9 Å². The normalized spacial score (nSPS) is 10.6. The molecule has 0 spiro atoms. The van der Waals surface area contributed by atoms with Gasteiger partial charge in [0, 0.05) is 16.2 Å². The zero-order valence-corrected chi connectivity index (χ0v) is 10.4. The summed E-state index contributed by atoms with van der Waals surface area (Å²) in [5, 5.41) is 9.01. The van der Waals surface area contributed by atoms with Gasteiger partial charge >= 0.3 is 0 Å². The molecule has 0 amide bonds. The van der Waals surface area contributed by atoms with Crippen molar-refractivity contribution in [2.24, 2.45) is 0 Å². The average molecular weight is 266 g/mol. The van der Waals surface area contributed by atoms with Gasteiger partial charge in [-0.3, -0.25) is 0 Å².